The second-order valence-electron chi connectivity index (χ2n) is 6.82. The number of piperidine rings is 1. The third-order valence-electron chi connectivity index (χ3n) is 5.05. The summed E-state index contributed by atoms with van der Waals surface area (Å²) in [4.78, 5) is 3.48. The van der Waals surface area contributed by atoms with Gasteiger partial charge in [0.2, 0.25) is 0 Å². The van der Waals surface area contributed by atoms with E-state index in [2.05, 4.69) is 41.3 Å². The standard InChI is InChI=1S/C22H24N2S/c23-17-21-8-6-18(7-9-21)10-11-22(25)24-14-12-20(13-15-24)16-19-4-2-1-3-5-19/h1-9,20H,10-16H2. The average molecular weight is 349 g/mol. The Morgan fingerprint density at radius 1 is 1.00 bits per heavy atom. The van der Waals surface area contributed by atoms with Gasteiger partial charge in [-0.05, 0) is 54.9 Å². The van der Waals surface area contributed by atoms with Crippen molar-refractivity contribution in [2.45, 2.75) is 32.1 Å². The third kappa shape index (κ3) is 5.14. The second kappa shape index (κ2) is 8.78. The summed E-state index contributed by atoms with van der Waals surface area (Å²) < 4.78 is 0. The Morgan fingerprint density at radius 2 is 1.68 bits per heavy atom. The summed E-state index contributed by atoms with van der Waals surface area (Å²) in [5.41, 5.74) is 3.41. The summed E-state index contributed by atoms with van der Waals surface area (Å²) in [5, 5.41) is 8.85. The van der Waals surface area contributed by atoms with Gasteiger partial charge in [-0.15, -0.1) is 0 Å². The first-order valence-electron chi connectivity index (χ1n) is 9.05. The van der Waals surface area contributed by atoms with Crippen molar-refractivity contribution in [2.24, 2.45) is 5.92 Å². The van der Waals surface area contributed by atoms with Crippen LogP contribution in [0, 0.1) is 17.2 Å². The molecule has 128 valence electrons. The number of likely N-dealkylation sites (tertiary alicyclic amines) is 1. The molecular weight excluding hydrogens is 324 g/mol. The lowest BCUT2D eigenvalue weighted by atomic mass is 9.90. The Bertz CT molecular complexity index is 723. The van der Waals surface area contributed by atoms with E-state index in [1.807, 2.05) is 24.3 Å². The van der Waals surface area contributed by atoms with Gasteiger partial charge in [0.15, 0.2) is 0 Å². The maximum absolute atomic E-state index is 8.85. The second-order valence-corrected chi connectivity index (χ2v) is 7.29. The van der Waals surface area contributed by atoms with Gasteiger partial charge < -0.3 is 4.90 Å². The van der Waals surface area contributed by atoms with Crippen LogP contribution < -0.4 is 0 Å². The molecule has 0 radical (unpaired) electrons. The average Bonchev–Trinajstić information content (AvgIpc) is 2.68. The maximum atomic E-state index is 8.85. The molecule has 0 aromatic heterocycles. The zero-order valence-electron chi connectivity index (χ0n) is 14.5. The highest BCUT2D eigenvalue weighted by atomic mass is 32.1. The summed E-state index contributed by atoms with van der Waals surface area (Å²) in [6, 6.07) is 20.8. The lowest BCUT2D eigenvalue weighted by Crippen LogP contribution is -2.38. The van der Waals surface area contributed by atoms with Crippen LogP contribution in [-0.4, -0.2) is 23.0 Å². The Morgan fingerprint density at radius 3 is 2.32 bits per heavy atom. The van der Waals surface area contributed by atoms with Crippen molar-refractivity contribution in [2.75, 3.05) is 13.1 Å². The summed E-state index contributed by atoms with van der Waals surface area (Å²) in [6.45, 7) is 2.17. The zero-order chi connectivity index (χ0) is 17.5. The highest BCUT2D eigenvalue weighted by Crippen LogP contribution is 2.22. The van der Waals surface area contributed by atoms with Gasteiger partial charge in [-0.3, -0.25) is 0 Å². The minimum absolute atomic E-state index is 0.715. The van der Waals surface area contributed by atoms with Crippen LogP contribution in [0.2, 0.25) is 0 Å². The molecule has 0 N–H and O–H groups in total. The van der Waals surface area contributed by atoms with Crippen molar-refractivity contribution in [3.8, 4) is 6.07 Å². The van der Waals surface area contributed by atoms with Crippen LogP contribution >= 0.6 is 12.2 Å². The monoisotopic (exact) mass is 348 g/mol. The molecule has 2 nitrogen and oxygen atoms in total. The van der Waals surface area contributed by atoms with E-state index in [1.54, 1.807) is 0 Å². The van der Waals surface area contributed by atoms with Crippen molar-refractivity contribution in [3.63, 3.8) is 0 Å². The molecule has 0 amide bonds. The minimum atomic E-state index is 0.715. The molecule has 1 fully saturated rings. The fraction of sp³-hybridized carbons (Fsp3) is 0.364. The molecule has 0 bridgehead atoms. The lowest BCUT2D eigenvalue weighted by Gasteiger charge is -2.34. The van der Waals surface area contributed by atoms with Crippen LogP contribution in [0.15, 0.2) is 54.6 Å². The molecule has 1 aliphatic rings. The first kappa shape index (κ1) is 17.6. The quantitative estimate of drug-likeness (QED) is 0.728. The zero-order valence-corrected chi connectivity index (χ0v) is 15.3. The van der Waals surface area contributed by atoms with Gasteiger partial charge in [-0.2, -0.15) is 5.26 Å². The molecule has 0 atom stereocenters. The van der Waals surface area contributed by atoms with Crippen molar-refractivity contribution in [1.29, 1.82) is 5.26 Å². The number of benzene rings is 2. The number of hydrogen-bond donors (Lipinski definition) is 0. The van der Waals surface area contributed by atoms with Gasteiger partial charge in [0.25, 0.3) is 0 Å². The van der Waals surface area contributed by atoms with Gasteiger partial charge in [-0.1, -0.05) is 54.7 Å². The molecule has 2 aromatic carbocycles. The van der Waals surface area contributed by atoms with Crippen LogP contribution in [0.25, 0.3) is 0 Å². The highest BCUT2D eigenvalue weighted by molar-refractivity contribution is 7.80. The Labute approximate surface area is 156 Å². The number of rotatable bonds is 5. The van der Waals surface area contributed by atoms with E-state index >= 15 is 0 Å². The number of aryl methyl sites for hydroxylation is 1. The summed E-state index contributed by atoms with van der Waals surface area (Å²) in [7, 11) is 0. The van der Waals surface area contributed by atoms with Crippen molar-refractivity contribution < 1.29 is 0 Å². The molecule has 1 aliphatic heterocycles. The van der Waals surface area contributed by atoms with Gasteiger partial charge in [0.1, 0.15) is 0 Å². The van der Waals surface area contributed by atoms with E-state index in [0.29, 0.717) is 5.56 Å². The molecule has 0 saturated carbocycles. The van der Waals surface area contributed by atoms with Crippen molar-refractivity contribution in [3.05, 3.63) is 71.3 Å². The Hall–Kier alpha value is -2.18. The third-order valence-corrected chi connectivity index (χ3v) is 5.51. The molecule has 25 heavy (non-hydrogen) atoms. The summed E-state index contributed by atoms with van der Waals surface area (Å²) in [6.07, 6.45) is 5.52. The fourth-order valence-electron chi connectivity index (χ4n) is 3.49. The summed E-state index contributed by atoms with van der Waals surface area (Å²) in [5.74, 6) is 0.778. The van der Waals surface area contributed by atoms with Crippen LogP contribution in [0.4, 0.5) is 0 Å². The maximum Gasteiger partial charge on any atom is 0.0991 e. The predicted octanol–water partition coefficient (Wildman–Crippen LogP) is 4.77. The Balaban J connectivity index is 1.42. The molecule has 3 heteroatoms. The van der Waals surface area contributed by atoms with Crippen LogP contribution in [0.3, 0.4) is 0 Å². The molecule has 0 aliphatic carbocycles. The van der Waals surface area contributed by atoms with E-state index in [-0.39, 0.29) is 0 Å². The number of nitrogens with zero attached hydrogens (tertiary/aromatic N) is 2. The number of hydrogen-bond acceptors (Lipinski definition) is 2. The van der Waals surface area contributed by atoms with Gasteiger partial charge in [0, 0.05) is 19.5 Å². The van der Waals surface area contributed by atoms with Crippen LogP contribution in [-0.2, 0) is 12.8 Å². The first-order valence-corrected chi connectivity index (χ1v) is 9.46. The number of thiocarbonyl (C=S) groups is 1. The van der Waals surface area contributed by atoms with Crippen LogP contribution in [0.5, 0.6) is 0 Å². The fourth-order valence-corrected chi connectivity index (χ4v) is 3.77. The topological polar surface area (TPSA) is 27.0 Å². The smallest absolute Gasteiger partial charge is 0.0991 e. The molecule has 1 saturated heterocycles. The highest BCUT2D eigenvalue weighted by Gasteiger charge is 2.20. The Kier molecular flexibility index (Phi) is 6.19. The van der Waals surface area contributed by atoms with E-state index in [9.17, 15) is 0 Å². The predicted molar refractivity (Wildman–Crippen MR) is 107 cm³/mol. The molecule has 2 aromatic rings. The number of nitriles is 1. The van der Waals surface area contributed by atoms with Gasteiger partial charge >= 0.3 is 0 Å². The van der Waals surface area contributed by atoms with Crippen LogP contribution in [0.1, 0.15) is 36.0 Å². The SMILES string of the molecule is N#Cc1ccc(CCC(=S)N2CCC(Cc3ccccc3)CC2)cc1. The molecule has 1 heterocycles. The lowest BCUT2D eigenvalue weighted by molar-refractivity contribution is 0.265. The van der Waals surface area contributed by atoms with E-state index in [0.717, 1.165) is 36.8 Å². The van der Waals surface area contributed by atoms with Gasteiger partial charge in [-0.25, -0.2) is 0 Å². The van der Waals surface area contributed by atoms with E-state index in [1.165, 1.54) is 30.4 Å². The van der Waals surface area contributed by atoms with Crippen molar-refractivity contribution >= 4 is 17.2 Å². The van der Waals surface area contributed by atoms with Gasteiger partial charge in [0.05, 0.1) is 16.6 Å². The normalized spacial score (nSPS) is 14.9. The molecule has 0 spiro atoms. The van der Waals surface area contributed by atoms with Crippen molar-refractivity contribution in [1.82, 2.24) is 4.90 Å². The largest absolute Gasteiger partial charge is 0.366 e. The van der Waals surface area contributed by atoms with E-state index in [4.69, 9.17) is 17.5 Å². The molecular formula is C22H24N2S. The molecule has 3 rings (SSSR count). The molecule has 0 unspecified atom stereocenters. The first-order chi connectivity index (χ1) is 12.2. The summed E-state index contributed by atoms with van der Waals surface area (Å²) >= 11 is 5.66. The van der Waals surface area contributed by atoms with E-state index < -0.39 is 0 Å². The minimum Gasteiger partial charge on any atom is -0.366 e.